The number of hydrogen-bond donors (Lipinski definition) is 1. The predicted molar refractivity (Wildman–Crippen MR) is 105 cm³/mol. The molecule has 0 atom stereocenters. The van der Waals surface area contributed by atoms with Gasteiger partial charge in [-0.1, -0.05) is 29.5 Å². The lowest BCUT2D eigenvalue weighted by Crippen LogP contribution is -2.16. The quantitative estimate of drug-likeness (QED) is 0.710. The predicted octanol–water partition coefficient (Wildman–Crippen LogP) is 3.71. The van der Waals surface area contributed by atoms with Gasteiger partial charge in [-0.15, -0.1) is 5.10 Å². The van der Waals surface area contributed by atoms with E-state index in [1.54, 1.807) is 4.52 Å². The van der Waals surface area contributed by atoms with Gasteiger partial charge in [-0.3, -0.25) is 4.79 Å². The molecule has 2 aromatic heterocycles. The van der Waals surface area contributed by atoms with E-state index in [2.05, 4.69) is 39.4 Å². The molecular weight excluding hydrogens is 346 g/mol. The van der Waals surface area contributed by atoms with Crippen molar-refractivity contribution in [2.75, 3.05) is 11.1 Å². The van der Waals surface area contributed by atoms with Crippen molar-refractivity contribution in [3.05, 3.63) is 45.8 Å². The molecule has 0 spiro atoms. The number of benzene rings is 1. The summed E-state index contributed by atoms with van der Waals surface area (Å²) in [5.41, 5.74) is 7.27. The van der Waals surface area contributed by atoms with Gasteiger partial charge in [-0.2, -0.15) is 4.98 Å². The Hall–Kier alpha value is -2.41. The number of carbonyl (C=O) groups is 1. The molecule has 0 bridgehead atoms. The smallest absolute Gasteiger partial charge is 0.253 e. The van der Waals surface area contributed by atoms with Crippen molar-refractivity contribution in [1.29, 1.82) is 0 Å². The van der Waals surface area contributed by atoms with Crippen molar-refractivity contribution in [2.24, 2.45) is 0 Å². The Labute approximate surface area is 157 Å². The van der Waals surface area contributed by atoms with Crippen LogP contribution in [0.5, 0.6) is 0 Å². The third-order valence-corrected chi connectivity index (χ3v) is 5.35. The van der Waals surface area contributed by atoms with E-state index < -0.39 is 0 Å². The molecule has 0 fully saturated rings. The normalized spacial score (nSPS) is 11.2. The fraction of sp³-hybridized carbons (Fsp3) is 0.368. The van der Waals surface area contributed by atoms with Crippen molar-refractivity contribution in [1.82, 2.24) is 19.6 Å². The maximum atomic E-state index is 12.4. The molecule has 1 N–H and O–H groups in total. The number of aromatic nitrogens is 4. The first kappa shape index (κ1) is 18.4. The molecule has 2 heterocycles. The topological polar surface area (TPSA) is 72.2 Å². The monoisotopic (exact) mass is 369 g/mol. The minimum Gasteiger partial charge on any atom is -0.325 e. The highest BCUT2D eigenvalue weighted by atomic mass is 32.2. The second-order valence-corrected chi connectivity index (χ2v) is 7.57. The Balaban J connectivity index is 1.72. The molecule has 136 valence electrons. The molecule has 3 rings (SSSR count). The second kappa shape index (κ2) is 7.07. The second-order valence-electron chi connectivity index (χ2n) is 6.62. The van der Waals surface area contributed by atoms with Crippen LogP contribution in [0.15, 0.2) is 17.3 Å². The molecular formula is C19H23N5OS. The van der Waals surface area contributed by atoms with Gasteiger partial charge in [0.2, 0.25) is 11.1 Å². The number of hydrogen-bond acceptors (Lipinski definition) is 5. The average Bonchev–Trinajstić information content (AvgIpc) is 2.97. The van der Waals surface area contributed by atoms with Crippen molar-refractivity contribution in [3.63, 3.8) is 0 Å². The summed E-state index contributed by atoms with van der Waals surface area (Å²) in [5, 5.41) is 8.02. The molecule has 0 aliphatic heterocycles. The van der Waals surface area contributed by atoms with Gasteiger partial charge >= 0.3 is 0 Å². The maximum absolute atomic E-state index is 12.4. The first-order valence-electron chi connectivity index (χ1n) is 8.47. The number of amides is 1. The molecule has 1 aromatic carbocycles. The molecule has 0 aliphatic carbocycles. The van der Waals surface area contributed by atoms with Gasteiger partial charge < -0.3 is 5.32 Å². The molecule has 0 saturated carbocycles. The van der Waals surface area contributed by atoms with Gasteiger partial charge in [-0.25, -0.2) is 9.50 Å². The van der Waals surface area contributed by atoms with Gasteiger partial charge in [0.25, 0.3) is 5.78 Å². The van der Waals surface area contributed by atoms with E-state index in [0.717, 1.165) is 33.8 Å². The van der Waals surface area contributed by atoms with E-state index in [1.165, 1.54) is 17.3 Å². The Kier molecular flexibility index (Phi) is 5.00. The third-order valence-electron chi connectivity index (χ3n) is 4.52. The van der Waals surface area contributed by atoms with Gasteiger partial charge in [0.05, 0.1) is 5.75 Å². The van der Waals surface area contributed by atoms with Crippen molar-refractivity contribution < 1.29 is 4.79 Å². The Bertz CT molecular complexity index is 986. The van der Waals surface area contributed by atoms with Crippen LogP contribution in [-0.4, -0.2) is 31.2 Å². The summed E-state index contributed by atoms with van der Waals surface area (Å²) in [6, 6.07) is 4.14. The Morgan fingerprint density at radius 2 is 1.73 bits per heavy atom. The number of fused-ring (bicyclic) bond motifs is 1. The van der Waals surface area contributed by atoms with E-state index in [9.17, 15) is 4.79 Å². The number of aryl methyl sites for hydroxylation is 5. The molecule has 3 aromatic rings. The van der Waals surface area contributed by atoms with Gasteiger partial charge in [-0.05, 0) is 58.2 Å². The zero-order valence-corrected chi connectivity index (χ0v) is 16.8. The van der Waals surface area contributed by atoms with Crippen molar-refractivity contribution in [3.8, 4) is 0 Å². The summed E-state index contributed by atoms with van der Waals surface area (Å²) in [5.74, 6) is 0.750. The highest BCUT2D eigenvalue weighted by Gasteiger charge is 2.14. The minimum absolute atomic E-state index is 0.0686. The largest absolute Gasteiger partial charge is 0.325 e. The Morgan fingerprint density at radius 3 is 2.38 bits per heavy atom. The highest BCUT2D eigenvalue weighted by molar-refractivity contribution is 7.99. The Morgan fingerprint density at radius 1 is 1.08 bits per heavy atom. The van der Waals surface area contributed by atoms with E-state index in [-0.39, 0.29) is 11.7 Å². The van der Waals surface area contributed by atoms with Crippen LogP contribution in [0.25, 0.3) is 5.78 Å². The van der Waals surface area contributed by atoms with Crippen LogP contribution in [0.2, 0.25) is 0 Å². The first-order chi connectivity index (χ1) is 12.3. The summed E-state index contributed by atoms with van der Waals surface area (Å²) in [6.07, 6.45) is 0. The molecule has 0 unspecified atom stereocenters. The highest BCUT2D eigenvalue weighted by Crippen LogP contribution is 2.23. The van der Waals surface area contributed by atoms with Crippen LogP contribution < -0.4 is 5.32 Å². The summed E-state index contributed by atoms with van der Waals surface area (Å²) < 4.78 is 1.73. The third kappa shape index (κ3) is 3.58. The maximum Gasteiger partial charge on any atom is 0.253 e. The van der Waals surface area contributed by atoms with E-state index in [0.29, 0.717) is 10.9 Å². The van der Waals surface area contributed by atoms with Gasteiger partial charge in [0.1, 0.15) is 0 Å². The average molecular weight is 369 g/mol. The molecule has 26 heavy (non-hydrogen) atoms. The lowest BCUT2D eigenvalue weighted by Gasteiger charge is -2.12. The molecule has 0 aliphatic rings. The SMILES string of the molecule is Cc1cc(C)c(NC(=O)CSc2nc3nc(C)c(C)c(C)n3n2)c(C)c1. The number of nitrogens with one attached hydrogen (secondary N) is 1. The summed E-state index contributed by atoms with van der Waals surface area (Å²) >= 11 is 1.31. The van der Waals surface area contributed by atoms with Crippen LogP contribution in [0.4, 0.5) is 5.69 Å². The van der Waals surface area contributed by atoms with Crippen LogP contribution in [-0.2, 0) is 4.79 Å². The van der Waals surface area contributed by atoms with Crippen molar-refractivity contribution in [2.45, 2.75) is 46.7 Å². The van der Waals surface area contributed by atoms with E-state index in [4.69, 9.17) is 0 Å². The molecule has 0 saturated heterocycles. The first-order valence-corrected chi connectivity index (χ1v) is 9.46. The van der Waals surface area contributed by atoms with Crippen LogP contribution in [0.1, 0.15) is 33.6 Å². The lowest BCUT2D eigenvalue weighted by molar-refractivity contribution is -0.113. The van der Waals surface area contributed by atoms with Crippen LogP contribution >= 0.6 is 11.8 Å². The fourth-order valence-corrected chi connectivity index (χ4v) is 3.60. The van der Waals surface area contributed by atoms with E-state index >= 15 is 0 Å². The van der Waals surface area contributed by atoms with Crippen LogP contribution in [0.3, 0.4) is 0 Å². The fourth-order valence-electron chi connectivity index (χ4n) is 2.98. The van der Waals surface area contributed by atoms with E-state index in [1.807, 2.05) is 34.6 Å². The van der Waals surface area contributed by atoms with Crippen LogP contribution in [0, 0.1) is 41.5 Å². The summed E-state index contributed by atoms with van der Waals surface area (Å²) in [4.78, 5) is 21.2. The number of carbonyl (C=O) groups excluding carboxylic acids is 1. The molecule has 0 radical (unpaired) electrons. The number of thioether (sulfide) groups is 1. The molecule has 6 nitrogen and oxygen atoms in total. The number of nitrogens with zero attached hydrogens (tertiary/aromatic N) is 4. The number of anilines is 1. The van der Waals surface area contributed by atoms with Crippen molar-refractivity contribution >= 4 is 29.1 Å². The molecule has 7 heteroatoms. The summed E-state index contributed by atoms with van der Waals surface area (Å²) in [6.45, 7) is 12.0. The zero-order valence-electron chi connectivity index (χ0n) is 16.0. The summed E-state index contributed by atoms with van der Waals surface area (Å²) in [7, 11) is 0. The minimum atomic E-state index is -0.0686. The number of rotatable bonds is 4. The van der Waals surface area contributed by atoms with Gasteiger partial charge in [0.15, 0.2) is 0 Å². The zero-order chi connectivity index (χ0) is 19.0. The molecule has 1 amide bonds. The standard InChI is InChI=1S/C19H23N5OS/c1-10-7-11(2)17(12(3)8-10)21-16(25)9-26-19-22-18-20-14(5)13(4)15(6)24(18)23-19/h7-8H,9H2,1-6H3,(H,21,25). The van der Waals surface area contributed by atoms with Gasteiger partial charge in [0, 0.05) is 17.1 Å². The lowest BCUT2D eigenvalue weighted by atomic mass is 10.1.